The van der Waals surface area contributed by atoms with Gasteiger partial charge in [0.25, 0.3) is 0 Å². The van der Waals surface area contributed by atoms with Gasteiger partial charge in [-0.3, -0.25) is 0 Å². The minimum absolute atomic E-state index is 0.704. The average Bonchev–Trinajstić information content (AvgIpc) is 2.65. The van der Waals surface area contributed by atoms with E-state index in [2.05, 4.69) is 9.98 Å². The maximum absolute atomic E-state index is 5.76. The second-order valence-electron chi connectivity index (χ2n) is 4.97. The van der Waals surface area contributed by atoms with E-state index in [9.17, 15) is 0 Å². The molecule has 3 rings (SSSR count). The summed E-state index contributed by atoms with van der Waals surface area (Å²) in [6.07, 6.45) is 5.75. The summed E-state index contributed by atoms with van der Waals surface area (Å²) in [5.74, 6) is 0.704. The predicted molar refractivity (Wildman–Crippen MR) is 74.2 cm³/mol. The number of hydrogen-bond acceptors (Lipinski definition) is 3. The van der Waals surface area contributed by atoms with Crippen molar-refractivity contribution < 1.29 is 4.42 Å². The first kappa shape index (κ1) is 12.2. The third-order valence-electron chi connectivity index (χ3n) is 3.47. The van der Waals surface area contributed by atoms with E-state index in [1.807, 2.05) is 37.3 Å². The van der Waals surface area contributed by atoms with E-state index in [4.69, 9.17) is 4.42 Å². The van der Waals surface area contributed by atoms with Crippen LogP contribution in [0.15, 0.2) is 39.7 Å². The molecule has 1 aromatic heterocycles. The first-order valence-electron chi connectivity index (χ1n) is 6.92. The highest BCUT2D eigenvalue weighted by Crippen LogP contribution is 2.17. The van der Waals surface area contributed by atoms with Crippen LogP contribution < -0.4 is 5.55 Å². The molecule has 0 unspecified atom stereocenters. The van der Waals surface area contributed by atoms with Crippen molar-refractivity contribution in [2.24, 2.45) is 4.99 Å². The molecule has 19 heavy (non-hydrogen) atoms. The highest BCUT2D eigenvalue weighted by atomic mass is 16.3. The fourth-order valence-electron chi connectivity index (χ4n) is 2.54. The average molecular weight is 254 g/mol. The Morgan fingerprint density at radius 1 is 1.05 bits per heavy atom. The molecule has 3 nitrogen and oxygen atoms in total. The van der Waals surface area contributed by atoms with Gasteiger partial charge in [-0.2, -0.15) is 0 Å². The standard InChI is InChI=1S/C16H18N2O/c1-12-17-15-11-7-3-6-10-14(15)16(19-12)18-13-8-4-2-5-9-13/h2,4-5,8-9H,3,6-7,10-11H2,1H3. The SMILES string of the molecule is Cc1nc2c(c(=Nc3ccccc3)o1)CCCCC2. The molecule has 1 aromatic carbocycles. The second kappa shape index (κ2) is 5.39. The number of aromatic nitrogens is 1. The third kappa shape index (κ3) is 2.75. The van der Waals surface area contributed by atoms with E-state index in [1.165, 1.54) is 30.5 Å². The zero-order chi connectivity index (χ0) is 13.1. The van der Waals surface area contributed by atoms with Crippen LogP contribution in [0, 0.1) is 6.92 Å². The van der Waals surface area contributed by atoms with Crippen LogP contribution in [-0.4, -0.2) is 4.98 Å². The lowest BCUT2D eigenvalue weighted by Crippen LogP contribution is -2.15. The van der Waals surface area contributed by atoms with Gasteiger partial charge < -0.3 is 4.42 Å². The highest BCUT2D eigenvalue weighted by Gasteiger charge is 2.13. The summed E-state index contributed by atoms with van der Waals surface area (Å²) < 4.78 is 5.76. The molecule has 0 saturated carbocycles. The molecule has 0 fully saturated rings. The van der Waals surface area contributed by atoms with Crippen molar-refractivity contribution in [1.29, 1.82) is 0 Å². The Morgan fingerprint density at radius 2 is 1.84 bits per heavy atom. The van der Waals surface area contributed by atoms with Crippen LogP contribution in [0.1, 0.15) is 36.4 Å². The van der Waals surface area contributed by atoms with Gasteiger partial charge in [-0.1, -0.05) is 24.6 Å². The van der Waals surface area contributed by atoms with E-state index in [0.717, 1.165) is 24.1 Å². The summed E-state index contributed by atoms with van der Waals surface area (Å²) >= 11 is 0. The number of fused-ring (bicyclic) bond motifs is 1. The lowest BCUT2D eigenvalue weighted by molar-refractivity contribution is 0.432. The van der Waals surface area contributed by atoms with Crippen molar-refractivity contribution in [2.75, 3.05) is 0 Å². The minimum Gasteiger partial charge on any atom is -0.425 e. The van der Waals surface area contributed by atoms with Crippen LogP contribution in [0.3, 0.4) is 0 Å². The first-order chi connectivity index (χ1) is 9.33. The van der Waals surface area contributed by atoms with Gasteiger partial charge >= 0.3 is 0 Å². The number of rotatable bonds is 1. The van der Waals surface area contributed by atoms with Crippen molar-refractivity contribution >= 4 is 5.69 Å². The molecule has 0 bridgehead atoms. The minimum atomic E-state index is 0.704. The topological polar surface area (TPSA) is 38.4 Å². The predicted octanol–water partition coefficient (Wildman–Crippen LogP) is 3.48. The van der Waals surface area contributed by atoms with E-state index < -0.39 is 0 Å². The first-order valence-corrected chi connectivity index (χ1v) is 6.92. The maximum Gasteiger partial charge on any atom is 0.226 e. The van der Waals surface area contributed by atoms with E-state index in [0.29, 0.717) is 5.89 Å². The van der Waals surface area contributed by atoms with Gasteiger partial charge in [-0.05, 0) is 37.8 Å². The lowest BCUT2D eigenvalue weighted by atomic mass is 10.1. The smallest absolute Gasteiger partial charge is 0.226 e. The fourth-order valence-corrected chi connectivity index (χ4v) is 2.54. The van der Waals surface area contributed by atoms with Crippen LogP contribution in [-0.2, 0) is 12.8 Å². The van der Waals surface area contributed by atoms with E-state index >= 15 is 0 Å². The summed E-state index contributed by atoms with van der Waals surface area (Å²) in [5, 5.41) is 0. The normalized spacial score (nSPS) is 15.9. The number of benzene rings is 1. The van der Waals surface area contributed by atoms with Gasteiger partial charge in [0.2, 0.25) is 5.55 Å². The number of nitrogens with zero attached hydrogens (tertiary/aromatic N) is 2. The molecular weight excluding hydrogens is 236 g/mol. The number of aryl methyl sites for hydroxylation is 2. The molecule has 0 N–H and O–H groups in total. The monoisotopic (exact) mass is 254 g/mol. The summed E-state index contributed by atoms with van der Waals surface area (Å²) in [6, 6.07) is 9.97. The van der Waals surface area contributed by atoms with Crippen molar-refractivity contribution in [3.63, 3.8) is 0 Å². The van der Waals surface area contributed by atoms with Crippen molar-refractivity contribution in [1.82, 2.24) is 4.98 Å². The lowest BCUT2D eigenvalue weighted by Gasteiger charge is -2.05. The van der Waals surface area contributed by atoms with Gasteiger partial charge in [0, 0.05) is 12.5 Å². The van der Waals surface area contributed by atoms with Crippen LogP contribution >= 0.6 is 0 Å². The van der Waals surface area contributed by atoms with Gasteiger partial charge in [-0.15, -0.1) is 0 Å². The molecule has 98 valence electrons. The largest absolute Gasteiger partial charge is 0.425 e. The maximum atomic E-state index is 5.76. The Bertz CT molecular complexity index is 629. The van der Waals surface area contributed by atoms with Crippen molar-refractivity contribution in [3.05, 3.63) is 53.0 Å². The number of para-hydroxylation sites is 1. The van der Waals surface area contributed by atoms with Crippen LogP contribution in [0.2, 0.25) is 0 Å². The molecule has 0 atom stereocenters. The Morgan fingerprint density at radius 3 is 2.68 bits per heavy atom. The molecule has 1 aliphatic carbocycles. The molecule has 0 saturated heterocycles. The second-order valence-corrected chi connectivity index (χ2v) is 4.97. The van der Waals surface area contributed by atoms with Crippen molar-refractivity contribution in [3.8, 4) is 0 Å². The molecule has 0 amide bonds. The molecule has 1 heterocycles. The Kier molecular flexibility index (Phi) is 3.45. The Balaban J connectivity index is 2.15. The zero-order valence-corrected chi connectivity index (χ0v) is 11.2. The van der Waals surface area contributed by atoms with E-state index in [1.54, 1.807) is 0 Å². The molecular formula is C16H18N2O. The van der Waals surface area contributed by atoms with Gasteiger partial charge in [0.15, 0.2) is 5.89 Å². The van der Waals surface area contributed by atoms with Crippen LogP contribution in [0.5, 0.6) is 0 Å². The van der Waals surface area contributed by atoms with Crippen LogP contribution in [0.4, 0.5) is 5.69 Å². The molecule has 2 aromatic rings. The summed E-state index contributed by atoms with van der Waals surface area (Å²) in [6.45, 7) is 1.90. The summed E-state index contributed by atoms with van der Waals surface area (Å²) in [7, 11) is 0. The fraction of sp³-hybridized carbons (Fsp3) is 0.375. The Labute approximate surface area is 113 Å². The highest BCUT2D eigenvalue weighted by molar-refractivity contribution is 5.36. The molecule has 0 spiro atoms. The third-order valence-corrected chi connectivity index (χ3v) is 3.47. The zero-order valence-electron chi connectivity index (χ0n) is 11.2. The quantitative estimate of drug-likeness (QED) is 0.731. The van der Waals surface area contributed by atoms with Crippen LogP contribution in [0.25, 0.3) is 0 Å². The Hall–Kier alpha value is -1.90. The van der Waals surface area contributed by atoms with Crippen molar-refractivity contribution in [2.45, 2.75) is 39.0 Å². The van der Waals surface area contributed by atoms with Gasteiger partial charge in [0.05, 0.1) is 11.4 Å². The summed E-state index contributed by atoms with van der Waals surface area (Å²) in [4.78, 5) is 9.20. The summed E-state index contributed by atoms with van der Waals surface area (Å²) in [5.41, 5.74) is 4.06. The number of hydrogen-bond donors (Lipinski definition) is 0. The molecule has 3 heteroatoms. The van der Waals surface area contributed by atoms with E-state index in [-0.39, 0.29) is 0 Å². The van der Waals surface area contributed by atoms with Gasteiger partial charge in [-0.25, -0.2) is 9.98 Å². The molecule has 0 aliphatic heterocycles. The molecule has 1 aliphatic rings. The molecule has 0 radical (unpaired) electrons. The van der Waals surface area contributed by atoms with Gasteiger partial charge in [0.1, 0.15) is 0 Å².